The fraction of sp³-hybridized carbons (Fsp3) is 0.826. The standard InChI is InChI=1S/C46H84NO9P/c1-6-8-10-12-14-15-16-17-18-19-20-21-24-28-32-36-45(48)52-40-42(41-54-57(50,51)53-39-38-47(3,4)5)55-46(49)37-33-29-25-22-23-27-31-35-44-43(56-44)34-30-26-13-11-9-7-2/h22,25-27,30-31,42-44H,6-21,23-24,28-29,32-41H2,1-5H3/b25-22-,30-26+,31-27-. The first-order valence-electron chi connectivity index (χ1n) is 22.8. The number of nitrogens with zero attached hydrogens (tertiary/aromatic N) is 1. The molecule has 0 aromatic carbocycles. The van der Waals surface area contributed by atoms with Gasteiger partial charge in [-0.25, -0.2) is 0 Å². The summed E-state index contributed by atoms with van der Waals surface area (Å²) in [7, 11) is 1.12. The second-order valence-corrected chi connectivity index (χ2v) is 18.2. The van der Waals surface area contributed by atoms with Crippen LogP contribution in [0.2, 0.25) is 0 Å². The van der Waals surface area contributed by atoms with Gasteiger partial charge in [0.05, 0.1) is 40.0 Å². The van der Waals surface area contributed by atoms with Gasteiger partial charge in [0.2, 0.25) is 0 Å². The SMILES string of the molecule is CCCCC/C=C/CC1OC1C/C=C\C/C=C\CCCC(=O)OC(COC(=O)CCCCCCCCCCCCCCCCC)COP(=O)([O-])OCC[N+](C)(C)C. The van der Waals surface area contributed by atoms with E-state index in [1.54, 1.807) is 0 Å². The number of phosphoric acid groups is 1. The van der Waals surface area contributed by atoms with Crippen LogP contribution in [0.5, 0.6) is 0 Å². The molecule has 10 nitrogen and oxygen atoms in total. The Balaban J connectivity index is 2.31. The van der Waals surface area contributed by atoms with Crippen LogP contribution in [-0.2, 0) is 37.4 Å². The molecule has 1 rings (SSSR count). The lowest BCUT2D eigenvalue weighted by atomic mass is 10.0. The van der Waals surface area contributed by atoms with Crippen molar-refractivity contribution in [3.63, 3.8) is 0 Å². The highest BCUT2D eigenvalue weighted by Gasteiger charge is 2.36. The maximum atomic E-state index is 12.7. The zero-order chi connectivity index (χ0) is 41.9. The Kier molecular flexibility index (Phi) is 32.7. The van der Waals surface area contributed by atoms with Crippen LogP contribution in [0.25, 0.3) is 0 Å². The molecule has 1 saturated heterocycles. The van der Waals surface area contributed by atoms with Crippen molar-refractivity contribution in [1.82, 2.24) is 0 Å². The minimum absolute atomic E-state index is 0.0429. The summed E-state index contributed by atoms with van der Waals surface area (Å²) >= 11 is 0. The van der Waals surface area contributed by atoms with Gasteiger partial charge in [-0.15, -0.1) is 0 Å². The lowest BCUT2D eigenvalue weighted by molar-refractivity contribution is -0.870. The highest BCUT2D eigenvalue weighted by Crippen LogP contribution is 2.38. The topological polar surface area (TPSA) is 124 Å². The number of carbonyl (C=O) groups is 2. The molecular weight excluding hydrogens is 741 g/mol. The van der Waals surface area contributed by atoms with Gasteiger partial charge < -0.3 is 32.6 Å². The van der Waals surface area contributed by atoms with Crippen molar-refractivity contribution in [1.29, 1.82) is 0 Å². The molecule has 4 unspecified atom stereocenters. The van der Waals surface area contributed by atoms with Crippen molar-refractivity contribution in [2.75, 3.05) is 47.5 Å². The van der Waals surface area contributed by atoms with Crippen molar-refractivity contribution in [2.45, 2.75) is 199 Å². The molecule has 0 aromatic rings. The zero-order valence-electron chi connectivity index (χ0n) is 37.0. The third kappa shape index (κ3) is 35.8. The Morgan fingerprint density at radius 2 is 1.12 bits per heavy atom. The average molecular weight is 826 g/mol. The zero-order valence-corrected chi connectivity index (χ0v) is 37.9. The van der Waals surface area contributed by atoms with E-state index in [0.29, 0.717) is 36.1 Å². The third-order valence-electron chi connectivity index (χ3n) is 10.1. The van der Waals surface area contributed by atoms with Crippen LogP contribution in [0, 0.1) is 0 Å². The molecule has 0 aromatic heterocycles. The van der Waals surface area contributed by atoms with Crippen molar-refractivity contribution in [2.24, 2.45) is 0 Å². The van der Waals surface area contributed by atoms with Gasteiger partial charge in [0.25, 0.3) is 7.82 Å². The second kappa shape index (κ2) is 35.0. The first kappa shape index (κ1) is 53.2. The van der Waals surface area contributed by atoms with Crippen molar-refractivity contribution >= 4 is 19.8 Å². The number of epoxide rings is 1. The van der Waals surface area contributed by atoms with Crippen molar-refractivity contribution < 1.29 is 46.8 Å². The van der Waals surface area contributed by atoms with Gasteiger partial charge in [0.1, 0.15) is 19.8 Å². The average Bonchev–Trinajstić information content (AvgIpc) is 3.92. The first-order valence-corrected chi connectivity index (χ1v) is 24.3. The molecule has 57 heavy (non-hydrogen) atoms. The molecule has 0 amide bonds. The van der Waals surface area contributed by atoms with Gasteiger partial charge in [-0.05, 0) is 51.4 Å². The summed E-state index contributed by atoms with van der Waals surface area (Å²) in [6, 6.07) is 0. The number of esters is 2. The summed E-state index contributed by atoms with van der Waals surface area (Å²) in [5, 5.41) is 0. The maximum absolute atomic E-state index is 12.7. The minimum Gasteiger partial charge on any atom is -0.756 e. The maximum Gasteiger partial charge on any atom is 0.306 e. The van der Waals surface area contributed by atoms with E-state index in [0.717, 1.165) is 44.9 Å². The van der Waals surface area contributed by atoms with Crippen molar-refractivity contribution in [3.05, 3.63) is 36.5 Å². The number of likely N-dealkylation sites (N-methyl/N-ethyl adjacent to an activating group) is 1. The molecule has 1 aliphatic heterocycles. The Hall–Kier alpha value is -1.81. The van der Waals surface area contributed by atoms with Crippen LogP contribution >= 0.6 is 7.82 Å². The Morgan fingerprint density at radius 1 is 0.632 bits per heavy atom. The summed E-state index contributed by atoms with van der Waals surface area (Å²) in [6.07, 6.45) is 40.6. The lowest BCUT2D eigenvalue weighted by Crippen LogP contribution is -2.37. The van der Waals surface area contributed by atoms with Gasteiger partial charge in [-0.1, -0.05) is 153 Å². The fourth-order valence-electron chi connectivity index (χ4n) is 6.34. The Morgan fingerprint density at radius 3 is 1.72 bits per heavy atom. The fourth-order valence-corrected chi connectivity index (χ4v) is 7.06. The van der Waals surface area contributed by atoms with Crippen LogP contribution in [0.15, 0.2) is 36.5 Å². The normalized spacial score (nSPS) is 17.4. The molecular formula is C46H84NO9P. The molecule has 0 spiro atoms. The number of allylic oxidation sites excluding steroid dienone is 4. The molecule has 1 aliphatic rings. The quantitative estimate of drug-likeness (QED) is 0.0148. The minimum atomic E-state index is -4.64. The number of unbranched alkanes of at least 4 members (excludes halogenated alkanes) is 18. The lowest BCUT2D eigenvalue weighted by Gasteiger charge is -2.28. The van der Waals surface area contributed by atoms with E-state index >= 15 is 0 Å². The van der Waals surface area contributed by atoms with Gasteiger partial charge in [0, 0.05) is 12.8 Å². The number of ether oxygens (including phenoxy) is 3. The predicted octanol–water partition coefficient (Wildman–Crippen LogP) is 11.3. The molecule has 0 bridgehead atoms. The number of rotatable bonds is 40. The first-order chi connectivity index (χ1) is 27.5. The number of hydrogen-bond donors (Lipinski definition) is 0. The van der Waals surface area contributed by atoms with E-state index in [1.807, 2.05) is 27.2 Å². The monoisotopic (exact) mass is 826 g/mol. The summed E-state index contributed by atoms with van der Waals surface area (Å²) < 4.78 is 39.6. The van der Waals surface area contributed by atoms with E-state index < -0.39 is 32.5 Å². The van der Waals surface area contributed by atoms with Crippen LogP contribution in [-0.4, -0.2) is 82.2 Å². The van der Waals surface area contributed by atoms with Crippen LogP contribution in [0.1, 0.15) is 181 Å². The molecule has 11 heteroatoms. The van der Waals surface area contributed by atoms with Crippen LogP contribution in [0.4, 0.5) is 0 Å². The van der Waals surface area contributed by atoms with Gasteiger partial charge in [0.15, 0.2) is 6.10 Å². The number of hydrogen-bond acceptors (Lipinski definition) is 9. The van der Waals surface area contributed by atoms with E-state index in [2.05, 4.69) is 44.2 Å². The molecule has 0 N–H and O–H groups in total. The highest BCUT2D eigenvalue weighted by atomic mass is 31.2. The van der Waals surface area contributed by atoms with E-state index in [9.17, 15) is 19.0 Å². The molecule has 4 atom stereocenters. The largest absolute Gasteiger partial charge is 0.756 e. The van der Waals surface area contributed by atoms with Crippen molar-refractivity contribution in [3.8, 4) is 0 Å². The van der Waals surface area contributed by atoms with Crippen LogP contribution < -0.4 is 4.89 Å². The molecule has 1 fully saturated rings. The number of carbonyl (C=O) groups excluding carboxylic acids is 2. The second-order valence-electron chi connectivity index (χ2n) is 16.8. The number of phosphoric ester groups is 1. The van der Waals surface area contributed by atoms with E-state index in [4.69, 9.17) is 23.3 Å². The van der Waals surface area contributed by atoms with E-state index in [1.165, 1.54) is 96.3 Å². The Labute approximate surface area is 348 Å². The summed E-state index contributed by atoms with van der Waals surface area (Å²) in [4.78, 5) is 37.6. The Bertz CT molecular complexity index is 1140. The van der Waals surface area contributed by atoms with Crippen LogP contribution in [0.3, 0.4) is 0 Å². The summed E-state index contributed by atoms with van der Waals surface area (Å²) in [6.45, 7) is 4.13. The molecule has 1 heterocycles. The summed E-state index contributed by atoms with van der Waals surface area (Å²) in [5.74, 6) is -0.902. The summed E-state index contributed by atoms with van der Waals surface area (Å²) in [5.41, 5.74) is 0. The third-order valence-corrected chi connectivity index (χ3v) is 11.0. The van der Waals surface area contributed by atoms with Gasteiger partial charge >= 0.3 is 11.9 Å². The van der Waals surface area contributed by atoms with E-state index in [-0.39, 0.29) is 26.1 Å². The highest BCUT2D eigenvalue weighted by molar-refractivity contribution is 7.45. The molecule has 0 saturated carbocycles. The predicted molar refractivity (Wildman–Crippen MR) is 231 cm³/mol. The molecule has 0 aliphatic carbocycles. The van der Waals surface area contributed by atoms with Gasteiger partial charge in [-0.2, -0.15) is 0 Å². The molecule has 0 radical (unpaired) electrons. The molecule has 332 valence electrons. The smallest absolute Gasteiger partial charge is 0.306 e. The van der Waals surface area contributed by atoms with Gasteiger partial charge in [-0.3, -0.25) is 14.2 Å². The number of quaternary nitrogens is 1.